The zero-order valence-electron chi connectivity index (χ0n) is 18.6. The number of nitrogens with zero attached hydrogens (tertiary/aromatic N) is 4. The molecule has 5 fully saturated rings. The highest BCUT2D eigenvalue weighted by atomic mass is 35.5. The molecule has 9 heteroatoms. The van der Waals surface area contributed by atoms with E-state index in [1.54, 1.807) is 4.90 Å². The van der Waals surface area contributed by atoms with Gasteiger partial charge in [-0.25, -0.2) is 0 Å². The molecule has 1 atom stereocenters. The Hall–Kier alpha value is -1.07. The second kappa shape index (κ2) is 10.7. The van der Waals surface area contributed by atoms with Gasteiger partial charge in [0.2, 0.25) is 11.8 Å². The molecule has 0 spiro atoms. The molecule has 5 rings (SSSR count). The maximum absolute atomic E-state index is 12.6. The van der Waals surface area contributed by atoms with Crippen LogP contribution in [0.1, 0.15) is 64.7 Å². The first-order chi connectivity index (χ1) is 14.0. The third kappa shape index (κ3) is 5.13. The lowest BCUT2D eigenvalue weighted by Gasteiger charge is -2.59. The highest BCUT2D eigenvalue weighted by molar-refractivity contribution is 5.85. The summed E-state index contributed by atoms with van der Waals surface area (Å²) >= 11 is 0. The molecule has 0 radical (unpaired) electrons. The summed E-state index contributed by atoms with van der Waals surface area (Å²) in [5.74, 6) is 0.363. The minimum Gasteiger partial charge on any atom is -0.340 e. The van der Waals surface area contributed by atoms with Gasteiger partial charge >= 0.3 is 0 Å². The first-order valence-corrected chi connectivity index (χ1v) is 11.5. The molecule has 2 bridgehead atoms. The predicted octanol–water partition coefficient (Wildman–Crippen LogP) is 2.33. The Morgan fingerprint density at radius 1 is 0.968 bits per heavy atom. The van der Waals surface area contributed by atoms with Crippen molar-refractivity contribution in [3.05, 3.63) is 0 Å². The van der Waals surface area contributed by atoms with Crippen LogP contribution in [0.2, 0.25) is 0 Å². The van der Waals surface area contributed by atoms with E-state index in [2.05, 4.69) is 16.3 Å². The van der Waals surface area contributed by atoms with E-state index in [-0.39, 0.29) is 48.2 Å². The second-order valence-electron chi connectivity index (χ2n) is 9.45. The Kier molecular flexibility index (Phi) is 9.04. The first-order valence-electron chi connectivity index (χ1n) is 11.5. The molecule has 2 saturated heterocycles. The van der Waals surface area contributed by atoms with Crippen LogP contribution in [0.3, 0.4) is 0 Å². The van der Waals surface area contributed by atoms with Gasteiger partial charge in [0.25, 0.3) is 0 Å². The third-order valence-electron chi connectivity index (χ3n) is 8.15. The predicted molar refractivity (Wildman–Crippen MR) is 124 cm³/mol. The number of halogens is 2. The van der Waals surface area contributed by atoms with Gasteiger partial charge in [-0.15, -0.1) is 24.8 Å². The van der Waals surface area contributed by atoms with Crippen molar-refractivity contribution in [1.29, 1.82) is 5.26 Å². The number of piperazine rings is 1. The van der Waals surface area contributed by atoms with Crippen LogP contribution in [0, 0.1) is 11.3 Å². The van der Waals surface area contributed by atoms with Crippen LogP contribution in [0.15, 0.2) is 0 Å². The molecule has 0 unspecified atom stereocenters. The van der Waals surface area contributed by atoms with Crippen molar-refractivity contribution < 1.29 is 9.59 Å². The fourth-order valence-electron chi connectivity index (χ4n) is 6.12. The average Bonchev–Trinajstić information content (AvgIpc) is 3.27. The van der Waals surface area contributed by atoms with Gasteiger partial charge in [-0.05, 0) is 51.4 Å². The number of hydrogen-bond donors (Lipinski definition) is 1. The van der Waals surface area contributed by atoms with Crippen LogP contribution in [-0.2, 0) is 9.59 Å². The number of amides is 2. The zero-order chi connectivity index (χ0) is 20.5. The zero-order valence-corrected chi connectivity index (χ0v) is 20.2. The molecule has 1 N–H and O–H groups in total. The third-order valence-corrected chi connectivity index (χ3v) is 8.15. The Labute approximate surface area is 198 Å². The standard InChI is InChI=1S/C22H35N5O2.2ClH/c1-2-19(28)25-12-14-26(15-13-25)22-8-5-21(6-9-22,7-10-22)24-17-20(29)27-11-3-4-18(27)16-23;;/h18,24H,2-15,17H2,1H3;2*1H/t18-,21?,22?;;/m0../s1. The number of carbonyl (C=O) groups is 2. The lowest BCUT2D eigenvalue weighted by molar-refractivity contribution is -0.136. The number of nitrogens with one attached hydrogen (secondary N) is 1. The largest absolute Gasteiger partial charge is 0.340 e. The van der Waals surface area contributed by atoms with E-state index in [0.717, 1.165) is 64.8 Å². The fraction of sp³-hybridized carbons (Fsp3) is 0.864. The summed E-state index contributed by atoms with van der Waals surface area (Å²) in [7, 11) is 0. The number of nitriles is 1. The summed E-state index contributed by atoms with van der Waals surface area (Å²) in [5, 5.41) is 12.8. The quantitative estimate of drug-likeness (QED) is 0.662. The lowest BCUT2D eigenvalue weighted by atomic mass is 9.60. The molecular formula is C22H37Cl2N5O2. The summed E-state index contributed by atoms with van der Waals surface area (Å²) in [5.41, 5.74) is 0.398. The molecule has 5 aliphatic rings. The SMILES string of the molecule is CCC(=O)N1CCN(C23CCC(NCC(=O)N4CCC[C@H]4C#N)(CC2)CC3)CC1.Cl.Cl. The van der Waals surface area contributed by atoms with Crippen LogP contribution in [-0.4, -0.2) is 82.9 Å². The van der Waals surface area contributed by atoms with E-state index >= 15 is 0 Å². The molecule has 2 aliphatic heterocycles. The number of carbonyl (C=O) groups excluding carboxylic acids is 2. The second-order valence-corrected chi connectivity index (χ2v) is 9.45. The van der Waals surface area contributed by atoms with Crippen molar-refractivity contribution in [1.82, 2.24) is 20.0 Å². The normalized spacial score (nSPS) is 32.7. The van der Waals surface area contributed by atoms with Crippen LogP contribution in [0.25, 0.3) is 0 Å². The van der Waals surface area contributed by atoms with Gasteiger partial charge in [0.05, 0.1) is 12.6 Å². The van der Waals surface area contributed by atoms with Crippen LogP contribution >= 0.6 is 24.8 Å². The van der Waals surface area contributed by atoms with Crippen molar-refractivity contribution >= 4 is 36.6 Å². The Morgan fingerprint density at radius 2 is 1.58 bits per heavy atom. The summed E-state index contributed by atoms with van der Waals surface area (Å²) in [6.45, 7) is 6.75. The molecule has 176 valence electrons. The van der Waals surface area contributed by atoms with Crippen LogP contribution in [0.5, 0.6) is 0 Å². The summed E-state index contributed by atoms with van der Waals surface area (Å²) < 4.78 is 0. The van der Waals surface area contributed by atoms with E-state index in [4.69, 9.17) is 0 Å². The van der Waals surface area contributed by atoms with Gasteiger partial charge in [-0.2, -0.15) is 5.26 Å². The van der Waals surface area contributed by atoms with Gasteiger partial charge in [0, 0.05) is 50.2 Å². The molecule has 3 aliphatic carbocycles. The van der Waals surface area contributed by atoms with Crippen LogP contribution in [0.4, 0.5) is 0 Å². The van der Waals surface area contributed by atoms with Crippen molar-refractivity contribution in [2.75, 3.05) is 39.3 Å². The topological polar surface area (TPSA) is 79.7 Å². The molecule has 31 heavy (non-hydrogen) atoms. The van der Waals surface area contributed by atoms with E-state index in [1.165, 1.54) is 19.3 Å². The number of hydrogen-bond acceptors (Lipinski definition) is 5. The van der Waals surface area contributed by atoms with Crippen molar-refractivity contribution in [3.8, 4) is 6.07 Å². The average molecular weight is 474 g/mol. The van der Waals surface area contributed by atoms with Gasteiger partial charge in [0.15, 0.2) is 0 Å². The maximum Gasteiger partial charge on any atom is 0.237 e. The summed E-state index contributed by atoms with van der Waals surface area (Å²) in [4.78, 5) is 31.0. The van der Waals surface area contributed by atoms with Crippen molar-refractivity contribution in [2.45, 2.75) is 81.8 Å². The molecule has 0 aromatic heterocycles. The Balaban J connectivity index is 0.00000171. The van der Waals surface area contributed by atoms with Gasteiger partial charge < -0.3 is 15.1 Å². The minimum atomic E-state index is -0.231. The first kappa shape index (κ1) is 26.2. The minimum absolute atomic E-state index is 0. The highest BCUT2D eigenvalue weighted by Crippen LogP contribution is 2.50. The van der Waals surface area contributed by atoms with E-state index in [1.807, 2.05) is 11.8 Å². The Bertz CT molecular complexity index is 665. The molecule has 0 aromatic carbocycles. The molecular weight excluding hydrogens is 437 g/mol. The maximum atomic E-state index is 12.6. The molecule has 3 saturated carbocycles. The number of rotatable bonds is 5. The fourth-order valence-corrected chi connectivity index (χ4v) is 6.12. The van der Waals surface area contributed by atoms with Crippen LogP contribution < -0.4 is 5.32 Å². The van der Waals surface area contributed by atoms with Gasteiger partial charge in [-0.3, -0.25) is 14.5 Å². The van der Waals surface area contributed by atoms with Crippen molar-refractivity contribution in [3.63, 3.8) is 0 Å². The van der Waals surface area contributed by atoms with Gasteiger partial charge in [0.1, 0.15) is 6.04 Å². The number of likely N-dealkylation sites (tertiary alicyclic amines) is 1. The highest BCUT2D eigenvalue weighted by Gasteiger charge is 2.51. The molecule has 7 nitrogen and oxygen atoms in total. The monoisotopic (exact) mass is 473 g/mol. The number of fused-ring (bicyclic) bond motifs is 3. The summed E-state index contributed by atoms with van der Waals surface area (Å²) in [6.07, 6.45) is 9.26. The molecule has 2 amide bonds. The van der Waals surface area contributed by atoms with Gasteiger partial charge in [-0.1, -0.05) is 6.92 Å². The summed E-state index contributed by atoms with van der Waals surface area (Å²) in [6, 6.07) is 2.04. The molecule has 2 heterocycles. The Morgan fingerprint density at radius 3 is 2.13 bits per heavy atom. The van der Waals surface area contributed by atoms with E-state index in [0.29, 0.717) is 18.5 Å². The van der Waals surface area contributed by atoms with E-state index < -0.39 is 0 Å². The van der Waals surface area contributed by atoms with E-state index in [9.17, 15) is 14.9 Å². The lowest BCUT2D eigenvalue weighted by Crippen LogP contribution is -2.66. The van der Waals surface area contributed by atoms with Crippen molar-refractivity contribution in [2.24, 2.45) is 0 Å². The molecule has 0 aromatic rings. The smallest absolute Gasteiger partial charge is 0.237 e.